The number of nitrogen functional groups attached to an aromatic ring is 1. The molecule has 0 radical (unpaired) electrons. The van der Waals surface area contributed by atoms with Gasteiger partial charge < -0.3 is 16.2 Å². The fourth-order valence-electron chi connectivity index (χ4n) is 0.865. The third-order valence-corrected chi connectivity index (χ3v) is 1.73. The minimum atomic E-state index is 0.0840. The van der Waals surface area contributed by atoms with Crippen molar-refractivity contribution in [1.82, 2.24) is 0 Å². The predicted molar refractivity (Wildman–Crippen MR) is 51.4 cm³/mol. The molecule has 0 atom stereocenters. The van der Waals surface area contributed by atoms with Crippen molar-refractivity contribution in [2.45, 2.75) is 0 Å². The zero-order valence-electron chi connectivity index (χ0n) is 6.55. The largest absolute Gasteiger partial charge is 0.399 e. The molecule has 0 fully saturated rings. The van der Waals surface area contributed by atoms with Crippen LogP contribution in [0.1, 0.15) is 0 Å². The zero-order chi connectivity index (χ0) is 8.97. The first-order valence-electron chi connectivity index (χ1n) is 3.64. The van der Waals surface area contributed by atoms with Crippen molar-refractivity contribution in [3.63, 3.8) is 0 Å². The molecule has 0 saturated carbocycles. The van der Waals surface area contributed by atoms with Crippen LogP contribution in [0.3, 0.4) is 0 Å². The normalized spacial score (nSPS) is 9.83. The highest BCUT2D eigenvalue weighted by molar-refractivity contribution is 6.33. The van der Waals surface area contributed by atoms with Crippen LogP contribution in [0.4, 0.5) is 11.4 Å². The van der Waals surface area contributed by atoms with Crippen molar-refractivity contribution in [1.29, 1.82) is 0 Å². The molecule has 0 heterocycles. The van der Waals surface area contributed by atoms with Crippen LogP contribution in [0.5, 0.6) is 0 Å². The summed E-state index contributed by atoms with van der Waals surface area (Å²) in [6.07, 6.45) is 0. The maximum atomic E-state index is 8.54. The molecule has 0 unspecified atom stereocenters. The van der Waals surface area contributed by atoms with Gasteiger partial charge in [-0.3, -0.25) is 0 Å². The average molecular weight is 187 g/mol. The Bertz CT molecular complexity index is 265. The maximum Gasteiger partial charge on any atom is 0.0657 e. The van der Waals surface area contributed by atoms with Gasteiger partial charge in [0, 0.05) is 12.2 Å². The Kier molecular flexibility index (Phi) is 3.19. The van der Waals surface area contributed by atoms with Crippen LogP contribution in [0, 0.1) is 0 Å². The fourth-order valence-corrected chi connectivity index (χ4v) is 1.12. The summed E-state index contributed by atoms with van der Waals surface area (Å²) in [5, 5.41) is 12.1. The molecule has 4 heteroatoms. The highest BCUT2D eigenvalue weighted by Gasteiger charge is 1.98. The van der Waals surface area contributed by atoms with E-state index < -0.39 is 0 Å². The number of nitrogens with two attached hydrogens (primary N) is 1. The number of hydrogen-bond acceptors (Lipinski definition) is 3. The molecule has 1 rings (SSSR count). The maximum absolute atomic E-state index is 8.54. The van der Waals surface area contributed by atoms with E-state index >= 15 is 0 Å². The fraction of sp³-hybridized carbons (Fsp3) is 0.250. The molecule has 66 valence electrons. The average Bonchev–Trinajstić information content (AvgIpc) is 2.03. The van der Waals surface area contributed by atoms with Crippen molar-refractivity contribution >= 4 is 23.0 Å². The van der Waals surface area contributed by atoms with Gasteiger partial charge >= 0.3 is 0 Å². The van der Waals surface area contributed by atoms with E-state index in [-0.39, 0.29) is 6.61 Å². The van der Waals surface area contributed by atoms with E-state index in [4.69, 9.17) is 22.4 Å². The molecule has 4 N–H and O–H groups in total. The molecule has 0 amide bonds. The van der Waals surface area contributed by atoms with Gasteiger partial charge in [0.1, 0.15) is 0 Å². The Morgan fingerprint density at radius 2 is 2.25 bits per heavy atom. The molecular formula is C8H11ClN2O. The van der Waals surface area contributed by atoms with E-state index in [1.807, 2.05) is 0 Å². The van der Waals surface area contributed by atoms with Crippen molar-refractivity contribution in [3.05, 3.63) is 23.2 Å². The van der Waals surface area contributed by atoms with Crippen molar-refractivity contribution in [2.24, 2.45) is 0 Å². The smallest absolute Gasteiger partial charge is 0.0657 e. The van der Waals surface area contributed by atoms with E-state index in [1.54, 1.807) is 18.2 Å². The molecule has 0 spiro atoms. The molecule has 0 aliphatic rings. The number of anilines is 2. The summed E-state index contributed by atoms with van der Waals surface area (Å²) in [4.78, 5) is 0. The van der Waals surface area contributed by atoms with Crippen molar-refractivity contribution in [3.8, 4) is 0 Å². The van der Waals surface area contributed by atoms with Gasteiger partial charge in [0.15, 0.2) is 0 Å². The quantitative estimate of drug-likeness (QED) is 0.625. The second-order valence-corrected chi connectivity index (χ2v) is 2.80. The Labute approximate surface area is 76.1 Å². The zero-order valence-corrected chi connectivity index (χ0v) is 7.30. The molecule has 0 aliphatic heterocycles. The van der Waals surface area contributed by atoms with Crippen LogP contribution in [-0.4, -0.2) is 18.3 Å². The summed E-state index contributed by atoms with van der Waals surface area (Å²) in [6.45, 7) is 0.574. The Hall–Kier alpha value is -0.930. The van der Waals surface area contributed by atoms with Crippen LogP contribution < -0.4 is 11.1 Å². The first kappa shape index (κ1) is 9.16. The number of benzene rings is 1. The first-order chi connectivity index (χ1) is 5.74. The second kappa shape index (κ2) is 4.18. The predicted octanol–water partition coefficient (Wildman–Crippen LogP) is 1.33. The molecule has 0 aromatic heterocycles. The van der Waals surface area contributed by atoms with Gasteiger partial charge in [-0.15, -0.1) is 0 Å². The van der Waals surface area contributed by atoms with Crippen LogP contribution >= 0.6 is 11.6 Å². The van der Waals surface area contributed by atoms with E-state index in [0.717, 1.165) is 5.69 Å². The molecule has 1 aromatic carbocycles. The Balaban J connectivity index is 2.72. The molecule has 0 saturated heterocycles. The van der Waals surface area contributed by atoms with Gasteiger partial charge in [-0.2, -0.15) is 0 Å². The second-order valence-electron chi connectivity index (χ2n) is 2.39. The molecular weight excluding hydrogens is 176 g/mol. The number of rotatable bonds is 3. The van der Waals surface area contributed by atoms with E-state index in [9.17, 15) is 0 Å². The van der Waals surface area contributed by atoms with Crippen molar-refractivity contribution in [2.75, 3.05) is 24.2 Å². The van der Waals surface area contributed by atoms with Gasteiger partial charge in [0.05, 0.1) is 17.3 Å². The van der Waals surface area contributed by atoms with Gasteiger partial charge in [-0.05, 0) is 18.2 Å². The van der Waals surface area contributed by atoms with Gasteiger partial charge in [-0.1, -0.05) is 11.6 Å². The summed E-state index contributed by atoms with van der Waals surface area (Å²) < 4.78 is 0. The summed E-state index contributed by atoms with van der Waals surface area (Å²) in [7, 11) is 0. The standard InChI is InChI=1S/C8H11ClN2O/c9-7-5-6(10)1-2-8(7)11-3-4-12/h1-2,5,11-12H,3-4,10H2. The lowest BCUT2D eigenvalue weighted by molar-refractivity contribution is 0.311. The summed E-state index contributed by atoms with van der Waals surface area (Å²) in [6, 6.07) is 5.21. The van der Waals surface area contributed by atoms with Crippen LogP contribution in [0.25, 0.3) is 0 Å². The van der Waals surface area contributed by atoms with E-state index in [1.165, 1.54) is 0 Å². The van der Waals surface area contributed by atoms with Crippen LogP contribution in [0.15, 0.2) is 18.2 Å². The van der Waals surface area contributed by atoms with Gasteiger partial charge in [-0.25, -0.2) is 0 Å². The number of halogens is 1. The number of hydrogen-bond donors (Lipinski definition) is 3. The highest BCUT2D eigenvalue weighted by Crippen LogP contribution is 2.23. The summed E-state index contributed by atoms with van der Waals surface area (Å²) in [5.74, 6) is 0. The lowest BCUT2D eigenvalue weighted by atomic mass is 10.3. The summed E-state index contributed by atoms with van der Waals surface area (Å²) >= 11 is 5.84. The van der Waals surface area contributed by atoms with E-state index in [2.05, 4.69) is 5.32 Å². The highest BCUT2D eigenvalue weighted by atomic mass is 35.5. The SMILES string of the molecule is Nc1ccc(NCCO)c(Cl)c1. The molecule has 0 bridgehead atoms. The third kappa shape index (κ3) is 2.29. The molecule has 3 nitrogen and oxygen atoms in total. The first-order valence-corrected chi connectivity index (χ1v) is 4.01. The lowest BCUT2D eigenvalue weighted by Gasteiger charge is -2.06. The minimum absolute atomic E-state index is 0.0840. The van der Waals surface area contributed by atoms with Crippen LogP contribution in [-0.2, 0) is 0 Å². The number of nitrogens with one attached hydrogen (secondary N) is 1. The molecule has 12 heavy (non-hydrogen) atoms. The van der Waals surface area contributed by atoms with E-state index in [0.29, 0.717) is 17.3 Å². The molecule has 0 aliphatic carbocycles. The van der Waals surface area contributed by atoms with Gasteiger partial charge in [0.2, 0.25) is 0 Å². The Morgan fingerprint density at radius 3 is 2.83 bits per heavy atom. The third-order valence-electron chi connectivity index (χ3n) is 1.42. The number of aliphatic hydroxyl groups excluding tert-OH is 1. The number of aliphatic hydroxyl groups is 1. The minimum Gasteiger partial charge on any atom is -0.399 e. The Morgan fingerprint density at radius 1 is 1.50 bits per heavy atom. The topological polar surface area (TPSA) is 58.3 Å². The van der Waals surface area contributed by atoms with Gasteiger partial charge in [0.25, 0.3) is 0 Å². The van der Waals surface area contributed by atoms with Crippen molar-refractivity contribution < 1.29 is 5.11 Å². The van der Waals surface area contributed by atoms with Crippen LogP contribution in [0.2, 0.25) is 5.02 Å². The monoisotopic (exact) mass is 186 g/mol. The molecule has 1 aromatic rings. The summed E-state index contributed by atoms with van der Waals surface area (Å²) in [5.41, 5.74) is 6.92. The lowest BCUT2D eigenvalue weighted by Crippen LogP contribution is -2.05.